The minimum absolute atomic E-state index is 0.00464. The fourth-order valence-corrected chi connectivity index (χ4v) is 8.98. The zero-order valence-corrected chi connectivity index (χ0v) is 37.0. The molecule has 0 unspecified atom stereocenters. The molecule has 63 heavy (non-hydrogen) atoms. The van der Waals surface area contributed by atoms with Crippen LogP contribution in [-0.4, -0.2) is 112 Å². The van der Waals surface area contributed by atoms with E-state index in [0.717, 1.165) is 22.3 Å². The van der Waals surface area contributed by atoms with Crippen LogP contribution in [0.3, 0.4) is 0 Å². The summed E-state index contributed by atoms with van der Waals surface area (Å²) in [5.41, 5.74) is 1.27. The number of anilines is 2. The number of hydrogen-bond acceptors (Lipinski definition) is 14. The van der Waals surface area contributed by atoms with Crippen LogP contribution in [0.2, 0.25) is 0 Å². The fourth-order valence-electron chi connectivity index (χ4n) is 7.15. The number of aromatic hydroxyl groups is 1. The zero-order valence-electron chi connectivity index (χ0n) is 35.4. The normalized spacial score (nSPS) is 14.3. The highest BCUT2D eigenvalue weighted by molar-refractivity contribution is 7.90. The van der Waals surface area contributed by atoms with Gasteiger partial charge in [-0.2, -0.15) is 0 Å². The van der Waals surface area contributed by atoms with Crippen LogP contribution in [0.25, 0.3) is 0 Å². The first-order chi connectivity index (χ1) is 29.6. The van der Waals surface area contributed by atoms with Crippen LogP contribution in [0.15, 0.2) is 72.8 Å². The van der Waals surface area contributed by atoms with Gasteiger partial charge >= 0.3 is 0 Å². The monoisotopic (exact) mass is 906 g/mol. The average Bonchev–Trinajstić information content (AvgIpc) is 3.60. The highest BCUT2D eigenvalue weighted by Crippen LogP contribution is 2.40. The van der Waals surface area contributed by atoms with E-state index in [-0.39, 0.29) is 51.7 Å². The maximum atomic E-state index is 13.3. The van der Waals surface area contributed by atoms with Crippen molar-refractivity contribution in [1.82, 2.24) is 9.80 Å². The lowest BCUT2D eigenvalue weighted by atomic mass is 10.1. The molecule has 0 aliphatic carbocycles. The minimum atomic E-state index is -3.63. The fraction of sp³-hybridized carbons (Fsp3) is 0.302. The van der Waals surface area contributed by atoms with Gasteiger partial charge in [0.05, 0.1) is 77.5 Å². The molecule has 0 radical (unpaired) electrons. The van der Waals surface area contributed by atoms with Gasteiger partial charge in [-0.1, -0.05) is 24.3 Å². The van der Waals surface area contributed by atoms with Crippen LogP contribution in [0, 0.1) is 0 Å². The smallest absolute Gasteiger partial charge is 0.264 e. The number of imide groups is 2. The van der Waals surface area contributed by atoms with Crippen molar-refractivity contribution in [2.45, 2.75) is 39.8 Å². The van der Waals surface area contributed by atoms with Crippen molar-refractivity contribution in [3.8, 4) is 23.0 Å². The van der Waals surface area contributed by atoms with Crippen LogP contribution in [0.5, 0.6) is 23.0 Å². The largest absolute Gasteiger partial charge is 0.504 e. The van der Waals surface area contributed by atoms with Crippen LogP contribution in [0.4, 0.5) is 11.4 Å². The quantitative estimate of drug-likeness (QED) is 0.138. The number of sulfone groups is 2. The van der Waals surface area contributed by atoms with Gasteiger partial charge in [0.2, 0.25) is 11.8 Å². The molecule has 6 rings (SSSR count). The number of carbonyl (C=O) groups excluding carboxylic acids is 6. The summed E-state index contributed by atoms with van der Waals surface area (Å²) in [6.45, 7) is 6.65. The number of nitrogens with one attached hydrogen (secondary N) is 2. The second kappa shape index (κ2) is 19.1. The molecule has 0 fully saturated rings. The van der Waals surface area contributed by atoms with Gasteiger partial charge in [-0.25, -0.2) is 16.8 Å². The van der Waals surface area contributed by atoms with Crippen molar-refractivity contribution >= 4 is 66.5 Å². The molecule has 4 aromatic rings. The molecular formula is C43H46N4O14S2. The van der Waals surface area contributed by atoms with Crippen molar-refractivity contribution in [1.29, 1.82) is 0 Å². The van der Waals surface area contributed by atoms with Crippen molar-refractivity contribution in [2.24, 2.45) is 0 Å². The number of carbonyl (C=O) groups is 6. The van der Waals surface area contributed by atoms with E-state index in [2.05, 4.69) is 10.6 Å². The van der Waals surface area contributed by atoms with Crippen LogP contribution < -0.4 is 24.8 Å². The van der Waals surface area contributed by atoms with Crippen molar-refractivity contribution in [2.75, 3.05) is 55.0 Å². The second-order valence-electron chi connectivity index (χ2n) is 14.5. The number of benzene rings is 4. The maximum absolute atomic E-state index is 13.3. The predicted molar refractivity (Wildman–Crippen MR) is 231 cm³/mol. The molecule has 20 heteroatoms. The molecular weight excluding hydrogens is 861 g/mol. The first-order valence-electron chi connectivity index (χ1n) is 19.3. The van der Waals surface area contributed by atoms with Gasteiger partial charge in [0.25, 0.3) is 23.6 Å². The lowest BCUT2D eigenvalue weighted by Crippen LogP contribution is -2.37. The van der Waals surface area contributed by atoms with E-state index >= 15 is 0 Å². The van der Waals surface area contributed by atoms with E-state index in [1.54, 1.807) is 38.1 Å². The van der Waals surface area contributed by atoms with E-state index < -0.39 is 78.7 Å². The summed E-state index contributed by atoms with van der Waals surface area (Å²) in [5, 5.41) is 15.1. The summed E-state index contributed by atoms with van der Waals surface area (Å²) in [4.78, 5) is 77.9. The van der Waals surface area contributed by atoms with E-state index in [9.17, 15) is 50.7 Å². The lowest BCUT2D eigenvalue weighted by Gasteiger charge is -2.27. The minimum Gasteiger partial charge on any atom is -0.504 e. The Morgan fingerprint density at radius 3 is 1.43 bits per heavy atom. The maximum Gasteiger partial charge on any atom is 0.264 e. The third kappa shape index (κ3) is 10.6. The van der Waals surface area contributed by atoms with Gasteiger partial charge in [0.15, 0.2) is 23.0 Å². The Morgan fingerprint density at radius 2 is 1.03 bits per heavy atom. The summed E-state index contributed by atoms with van der Waals surface area (Å²) in [6.07, 6.45) is 2.04. The summed E-state index contributed by atoms with van der Waals surface area (Å²) in [7, 11) is -5.76. The number of rotatable bonds is 15. The average molecular weight is 907 g/mol. The molecule has 0 aromatic heterocycles. The van der Waals surface area contributed by atoms with Crippen molar-refractivity contribution in [3.63, 3.8) is 0 Å². The van der Waals surface area contributed by atoms with Gasteiger partial charge in [-0.05, 0) is 73.5 Å². The Morgan fingerprint density at radius 1 is 0.619 bits per heavy atom. The molecule has 2 aliphatic rings. The van der Waals surface area contributed by atoms with Gasteiger partial charge in [-0.15, -0.1) is 0 Å². The Bertz CT molecular complexity index is 2740. The predicted octanol–water partition coefficient (Wildman–Crippen LogP) is 4.57. The van der Waals surface area contributed by atoms with E-state index in [1.165, 1.54) is 69.5 Å². The number of ether oxygens (including phenoxy) is 3. The Hall–Kier alpha value is -6.80. The Balaban J connectivity index is 0.000000238. The number of nitrogens with zero attached hydrogens (tertiary/aromatic N) is 2. The molecule has 0 spiro atoms. The van der Waals surface area contributed by atoms with Gasteiger partial charge < -0.3 is 30.0 Å². The number of fused-ring (bicyclic) bond motifs is 2. The number of methoxy groups -OCH3 is 1. The van der Waals surface area contributed by atoms with Gasteiger partial charge in [0, 0.05) is 26.4 Å². The first kappa shape index (κ1) is 47.3. The lowest BCUT2D eigenvalue weighted by molar-refractivity contribution is -0.115. The summed E-state index contributed by atoms with van der Waals surface area (Å²) < 4.78 is 65.0. The topological polar surface area (TPSA) is 249 Å². The first-order valence-corrected chi connectivity index (χ1v) is 23.4. The van der Waals surface area contributed by atoms with Crippen LogP contribution in [-0.2, 0) is 29.3 Å². The van der Waals surface area contributed by atoms with Gasteiger partial charge in [0.1, 0.15) is 19.7 Å². The number of phenols is 1. The number of amides is 6. The molecule has 2 aliphatic heterocycles. The van der Waals surface area contributed by atoms with E-state index in [4.69, 9.17) is 14.2 Å². The molecule has 4 aromatic carbocycles. The molecule has 0 saturated carbocycles. The molecule has 18 nitrogen and oxygen atoms in total. The highest BCUT2D eigenvalue weighted by atomic mass is 32.2. The molecule has 6 amide bonds. The molecule has 3 N–H and O–H groups in total. The third-order valence-corrected chi connectivity index (χ3v) is 11.4. The molecule has 0 saturated heterocycles. The molecule has 2 atom stereocenters. The number of hydrogen-bond donors (Lipinski definition) is 3. The van der Waals surface area contributed by atoms with E-state index in [0.29, 0.717) is 29.2 Å². The summed E-state index contributed by atoms with van der Waals surface area (Å²) >= 11 is 0. The van der Waals surface area contributed by atoms with Gasteiger partial charge in [-0.3, -0.25) is 38.6 Å². The zero-order chi connectivity index (χ0) is 46.6. The summed E-state index contributed by atoms with van der Waals surface area (Å²) in [5.74, 6) is -3.79. The Kier molecular flexibility index (Phi) is 14.3. The summed E-state index contributed by atoms with van der Waals surface area (Å²) in [6, 6.07) is 15.6. The second-order valence-corrected chi connectivity index (χ2v) is 18.9. The van der Waals surface area contributed by atoms with Crippen LogP contribution in [0.1, 0.15) is 92.3 Å². The SMILES string of the molecule is CCOc1cc([C@@H](CS(C)(=O)=O)N2C(=O)c3cccc(NC(C)=O)c3C2=O)ccc1O.CCOc1cc([C@@H](CS(C)(=O)=O)N2C(=O)c3cccc(NC(C)=O)c3C2=O)ccc1OC. The van der Waals surface area contributed by atoms with Crippen LogP contribution >= 0.6 is 0 Å². The third-order valence-electron chi connectivity index (χ3n) is 9.60. The molecule has 334 valence electrons. The standard InChI is InChI=1S/C22H24N2O7S.C21H22N2O7S/c1-5-31-19-11-14(9-10-18(19)30-3)17(12-32(4,28)29)24-21(26)15-7-6-8-16(23-13(2)25)20(15)22(24)27;1-4-30-18-10-13(8-9-17(18)25)16(11-31(3,28)29)23-20(26)14-6-5-7-15(22-12(2)24)19(14)21(23)27/h6-11,17H,5,12H2,1-4H3,(H,23,25);5-10,16,25H,4,11H2,1-3H3,(H,22,24)/t17-;16-/m11/s1. The van der Waals surface area contributed by atoms with E-state index in [1.807, 2.05) is 0 Å². The van der Waals surface area contributed by atoms with Crippen molar-refractivity contribution < 1.29 is 64.9 Å². The molecule has 2 heterocycles. The Labute approximate surface area is 364 Å². The number of phenolic OH excluding ortho intramolecular Hbond substituents is 1. The molecule has 0 bridgehead atoms. The highest BCUT2D eigenvalue weighted by Gasteiger charge is 2.45. The van der Waals surface area contributed by atoms with Crippen molar-refractivity contribution in [3.05, 3.63) is 106 Å².